The lowest BCUT2D eigenvalue weighted by molar-refractivity contribution is 0.302. The molecule has 0 aliphatic carbocycles. The van der Waals surface area contributed by atoms with Crippen LogP contribution in [0.3, 0.4) is 0 Å². The third kappa shape index (κ3) is 3.75. The lowest BCUT2D eigenvalue weighted by atomic mass is 10.2. The second kappa shape index (κ2) is 6.63. The summed E-state index contributed by atoms with van der Waals surface area (Å²) in [4.78, 5) is 2.15. The quantitative estimate of drug-likeness (QED) is 0.814. The zero-order valence-electron chi connectivity index (χ0n) is 11.3. The van der Waals surface area contributed by atoms with Gasteiger partial charge in [-0.15, -0.1) is 5.10 Å². The molecule has 0 amide bonds. The molecule has 102 valence electrons. The normalized spacial score (nSPS) is 11.2. The van der Waals surface area contributed by atoms with Gasteiger partial charge in [-0.25, -0.2) is 4.68 Å². The van der Waals surface area contributed by atoms with Crippen molar-refractivity contribution >= 4 is 11.6 Å². The molecule has 0 unspecified atom stereocenters. The summed E-state index contributed by atoms with van der Waals surface area (Å²) in [5.74, 6) is 0.886. The molecule has 0 radical (unpaired) electrons. The van der Waals surface area contributed by atoms with E-state index < -0.39 is 0 Å². The van der Waals surface area contributed by atoms with Gasteiger partial charge in [0.25, 0.3) is 0 Å². The molecule has 6 heteroatoms. The number of rotatable bonds is 6. The van der Waals surface area contributed by atoms with Crippen LogP contribution in [0.25, 0.3) is 0 Å². The van der Waals surface area contributed by atoms with Gasteiger partial charge in [0.15, 0.2) is 5.82 Å². The second-order valence-corrected chi connectivity index (χ2v) is 4.99. The van der Waals surface area contributed by atoms with Crippen molar-refractivity contribution in [2.24, 2.45) is 0 Å². The fraction of sp³-hybridized carbons (Fsp3) is 0.462. The van der Waals surface area contributed by atoms with Crippen LogP contribution in [0.2, 0.25) is 5.02 Å². The molecule has 0 aliphatic heterocycles. The van der Waals surface area contributed by atoms with E-state index in [1.807, 2.05) is 36.0 Å². The molecule has 1 heterocycles. The van der Waals surface area contributed by atoms with Crippen LogP contribution in [-0.2, 0) is 19.6 Å². The number of benzene rings is 1. The van der Waals surface area contributed by atoms with Gasteiger partial charge >= 0.3 is 0 Å². The first kappa shape index (κ1) is 14.0. The number of aryl methyl sites for hydroxylation is 1. The van der Waals surface area contributed by atoms with Crippen molar-refractivity contribution in [1.82, 2.24) is 25.1 Å². The second-order valence-electron chi connectivity index (χ2n) is 4.58. The Labute approximate surface area is 118 Å². The highest BCUT2D eigenvalue weighted by Gasteiger charge is 2.10. The first-order valence-electron chi connectivity index (χ1n) is 6.37. The first-order chi connectivity index (χ1) is 9.20. The maximum Gasteiger partial charge on any atom is 0.165 e. The van der Waals surface area contributed by atoms with Crippen molar-refractivity contribution in [2.45, 2.75) is 33.0 Å². The van der Waals surface area contributed by atoms with Crippen molar-refractivity contribution < 1.29 is 0 Å². The minimum absolute atomic E-state index is 0.707. The Morgan fingerprint density at radius 1 is 1.26 bits per heavy atom. The van der Waals surface area contributed by atoms with E-state index in [-0.39, 0.29) is 0 Å². The molecule has 0 atom stereocenters. The van der Waals surface area contributed by atoms with Gasteiger partial charge in [-0.05, 0) is 35.5 Å². The molecule has 0 saturated carbocycles. The third-order valence-corrected chi connectivity index (χ3v) is 3.22. The Hall–Kier alpha value is -1.46. The summed E-state index contributed by atoms with van der Waals surface area (Å²) in [6, 6.07) is 7.88. The molecule has 0 bridgehead atoms. The number of hydrogen-bond acceptors (Lipinski definition) is 4. The molecule has 5 nitrogen and oxygen atoms in total. The van der Waals surface area contributed by atoms with Crippen molar-refractivity contribution in [3.63, 3.8) is 0 Å². The summed E-state index contributed by atoms with van der Waals surface area (Å²) < 4.78 is 1.85. The number of tetrazole rings is 1. The van der Waals surface area contributed by atoms with Crippen molar-refractivity contribution in [3.8, 4) is 0 Å². The number of aromatic nitrogens is 4. The Morgan fingerprint density at radius 3 is 2.79 bits per heavy atom. The predicted octanol–water partition coefficient (Wildman–Crippen LogP) is 2.37. The van der Waals surface area contributed by atoms with E-state index in [1.165, 1.54) is 0 Å². The van der Waals surface area contributed by atoms with Gasteiger partial charge in [0, 0.05) is 18.1 Å². The zero-order valence-corrected chi connectivity index (χ0v) is 12.0. The molecular formula is C13H18ClN5. The number of hydrogen-bond donors (Lipinski definition) is 0. The third-order valence-electron chi connectivity index (χ3n) is 2.85. The highest BCUT2D eigenvalue weighted by Crippen LogP contribution is 2.17. The summed E-state index contributed by atoms with van der Waals surface area (Å²) in [6.45, 7) is 4.44. The predicted molar refractivity (Wildman–Crippen MR) is 74.7 cm³/mol. The molecule has 19 heavy (non-hydrogen) atoms. The van der Waals surface area contributed by atoms with E-state index in [1.54, 1.807) is 0 Å². The summed E-state index contributed by atoms with van der Waals surface area (Å²) in [5, 5.41) is 12.6. The van der Waals surface area contributed by atoms with Gasteiger partial charge < -0.3 is 0 Å². The Kier molecular flexibility index (Phi) is 4.87. The van der Waals surface area contributed by atoms with Crippen LogP contribution in [0.5, 0.6) is 0 Å². The van der Waals surface area contributed by atoms with Crippen LogP contribution >= 0.6 is 11.6 Å². The van der Waals surface area contributed by atoms with E-state index in [4.69, 9.17) is 11.6 Å². The molecular weight excluding hydrogens is 262 g/mol. The first-order valence-corrected chi connectivity index (χ1v) is 6.75. The van der Waals surface area contributed by atoms with Crippen molar-refractivity contribution in [3.05, 3.63) is 40.7 Å². The highest BCUT2D eigenvalue weighted by molar-refractivity contribution is 6.31. The van der Waals surface area contributed by atoms with Gasteiger partial charge in [-0.2, -0.15) is 0 Å². The van der Waals surface area contributed by atoms with E-state index in [0.29, 0.717) is 6.54 Å². The van der Waals surface area contributed by atoms with Gasteiger partial charge in [0.05, 0.1) is 6.54 Å². The van der Waals surface area contributed by atoms with Gasteiger partial charge in [-0.1, -0.05) is 36.7 Å². The van der Waals surface area contributed by atoms with Crippen LogP contribution < -0.4 is 0 Å². The van der Waals surface area contributed by atoms with Crippen LogP contribution in [0.4, 0.5) is 0 Å². The average molecular weight is 280 g/mol. The minimum Gasteiger partial charge on any atom is -0.295 e. The Bertz CT molecular complexity index is 525. The lowest BCUT2D eigenvalue weighted by Gasteiger charge is -2.16. The zero-order chi connectivity index (χ0) is 13.7. The number of halogens is 1. The maximum atomic E-state index is 6.16. The van der Waals surface area contributed by atoms with Crippen molar-refractivity contribution in [1.29, 1.82) is 0 Å². The van der Waals surface area contributed by atoms with Crippen LogP contribution in [0.15, 0.2) is 24.3 Å². The molecule has 1 aromatic carbocycles. The van der Waals surface area contributed by atoms with Gasteiger partial charge in [0.1, 0.15) is 0 Å². The average Bonchev–Trinajstić information content (AvgIpc) is 2.80. The number of nitrogens with zero attached hydrogens (tertiary/aromatic N) is 5. The summed E-state index contributed by atoms with van der Waals surface area (Å²) in [6.07, 6.45) is 1.02. The molecule has 2 rings (SSSR count). The fourth-order valence-electron chi connectivity index (χ4n) is 1.94. The molecule has 0 saturated heterocycles. The SMILES string of the molecule is CCCn1nnnc1CN(C)Cc1ccccc1Cl. The monoisotopic (exact) mass is 279 g/mol. The Balaban J connectivity index is 1.99. The Morgan fingerprint density at radius 2 is 2.05 bits per heavy atom. The van der Waals surface area contributed by atoms with Crippen molar-refractivity contribution in [2.75, 3.05) is 7.05 Å². The van der Waals surface area contributed by atoms with E-state index >= 15 is 0 Å². The minimum atomic E-state index is 0.707. The van der Waals surface area contributed by atoms with Gasteiger partial charge in [0.2, 0.25) is 0 Å². The summed E-state index contributed by atoms with van der Waals surface area (Å²) in [7, 11) is 2.04. The molecule has 0 N–H and O–H groups in total. The lowest BCUT2D eigenvalue weighted by Crippen LogP contribution is -2.20. The highest BCUT2D eigenvalue weighted by atomic mass is 35.5. The van der Waals surface area contributed by atoms with Crippen LogP contribution in [-0.4, -0.2) is 32.2 Å². The van der Waals surface area contributed by atoms with Crippen LogP contribution in [0, 0.1) is 0 Å². The molecule has 0 fully saturated rings. The molecule has 0 spiro atoms. The van der Waals surface area contributed by atoms with E-state index in [2.05, 4.69) is 27.3 Å². The fourth-order valence-corrected chi connectivity index (χ4v) is 2.13. The summed E-state index contributed by atoms with van der Waals surface area (Å²) >= 11 is 6.16. The standard InChI is InChI=1S/C13H18ClN5/c1-3-8-19-13(15-16-17-19)10-18(2)9-11-6-4-5-7-12(11)14/h4-7H,3,8-10H2,1-2H3. The molecule has 0 aliphatic rings. The summed E-state index contributed by atoms with van der Waals surface area (Å²) in [5.41, 5.74) is 1.11. The van der Waals surface area contributed by atoms with E-state index in [0.717, 1.165) is 35.9 Å². The maximum absolute atomic E-state index is 6.16. The topological polar surface area (TPSA) is 46.8 Å². The molecule has 1 aromatic heterocycles. The van der Waals surface area contributed by atoms with E-state index in [9.17, 15) is 0 Å². The smallest absolute Gasteiger partial charge is 0.165 e. The van der Waals surface area contributed by atoms with Crippen LogP contribution in [0.1, 0.15) is 24.7 Å². The largest absolute Gasteiger partial charge is 0.295 e. The molecule has 2 aromatic rings. The van der Waals surface area contributed by atoms with Gasteiger partial charge in [-0.3, -0.25) is 4.90 Å².